The largest absolute Gasteiger partial charge is 0.508 e. The Morgan fingerprint density at radius 3 is 2.31 bits per heavy atom. The van der Waals surface area contributed by atoms with Crippen LogP contribution >= 0.6 is 0 Å². The lowest BCUT2D eigenvalue weighted by Crippen LogP contribution is -2.55. The lowest BCUT2D eigenvalue weighted by molar-refractivity contribution is -0.138. The van der Waals surface area contributed by atoms with E-state index in [0.29, 0.717) is 31.7 Å². The summed E-state index contributed by atoms with van der Waals surface area (Å²) in [6.07, 6.45) is -0.0677. The quantitative estimate of drug-likeness (QED) is 0.478. The predicted octanol–water partition coefficient (Wildman–Crippen LogP) is 0.739. The van der Waals surface area contributed by atoms with Crippen molar-refractivity contribution in [2.45, 2.75) is 25.3 Å². The number of nitrogens with two attached hydrogens (primary N) is 1. The van der Waals surface area contributed by atoms with Crippen molar-refractivity contribution < 1.29 is 24.6 Å². The zero-order chi connectivity index (χ0) is 23.1. The molecule has 170 valence electrons. The van der Waals surface area contributed by atoms with Crippen LogP contribution in [0.25, 0.3) is 0 Å². The summed E-state index contributed by atoms with van der Waals surface area (Å²) < 4.78 is 0. The third-order valence-corrected chi connectivity index (χ3v) is 5.44. The van der Waals surface area contributed by atoms with Crippen LogP contribution < -0.4 is 16.0 Å². The van der Waals surface area contributed by atoms with Gasteiger partial charge in [0, 0.05) is 44.4 Å². The zero-order valence-electron chi connectivity index (χ0n) is 17.7. The molecule has 0 unspecified atom stereocenters. The minimum Gasteiger partial charge on any atom is -0.508 e. The average molecular weight is 441 g/mol. The number of amides is 3. The molecule has 1 saturated heterocycles. The minimum absolute atomic E-state index is 0.00264. The highest BCUT2D eigenvalue weighted by Gasteiger charge is 2.30. The highest BCUT2D eigenvalue weighted by Crippen LogP contribution is 2.23. The van der Waals surface area contributed by atoms with E-state index in [1.54, 1.807) is 4.90 Å². The maximum Gasteiger partial charge on any atom is 0.245 e. The van der Waals surface area contributed by atoms with E-state index >= 15 is 0 Å². The summed E-state index contributed by atoms with van der Waals surface area (Å²) in [6.45, 7) is 2.24. The summed E-state index contributed by atoms with van der Waals surface area (Å²) in [5.74, 6) is -1.63. The Morgan fingerprint density at radius 2 is 1.69 bits per heavy atom. The Hall–Kier alpha value is -3.75. The van der Waals surface area contributed by atoms with Crippen LogP contribution in [-0.4, -0.2) is 65.1 Å². The van der Waals surface area contributed by atoms with E-state index < -0.39 is 17.9 Å². The molecule has 0 aliphatic carbocycles. The number of primary amides is 1. The van der Waals surface area contributed by atoms with Gasteiger partial charge in [-0.2, -0.15) is 0 Å². The van der Waals surface area contributed by atoms with Crippen molar-refractivity contribution in [1.29, 1.82) is 0 Å². The van der Waals surface area contributed by atoms with E-state index in [0.717, 1.165) is 5.69 Å². The molecule has 0 saturated carbocycles. The van der Waals surface area contributed by atoms with Gasteiger partial charge in [-0.1, -0.05) is 24.3 Å². The van der Waals surface area contributed by atoms with Gasteiger partial charge in [0.25, 0.3) is 0 Å². The van der Waals surface area contributed by atoms with Crippen molar-refractivity contribution in [2.75, 3.05) is 31.1 Å². The second-order valence-corrected chi connectivity index (χ2v) is 7.75. The monoisotopic (exact) mass is 440 g/mol. The van der Waals surface area contributed by atoms with Gasteiger partial charge in [-0.05, 0) is 30.2 Å². The number of carbonyl (C=O) groups is 3. The molecule has 3 rings (SSSR count). The molecule has 9 nitrogen and oxygen atoms in total. The van der Waals surface area contributed by atoms with E-state index in [9.17, 15) is 24.6 Å². The number of carbonyl (C=O) groups excluding carboxylic acids is 3. The SMILES string of the molecule is NC(=O)C[C@H](NC(=O)CCc1ccc(O)cc1O)C(=O)N1CCN(c2ccccc2)CC1. The normalized spacial score (nSPS) is 14.6. The number of anilines is 1. The molecule has 0 bridgehead atoms. The molecule has 1 aliphatic heterocycles. The number of aryl methyl sites for hydroxylation is 1. The summed E-state index contributed by atoms with van der Waals surface area (Å²) >= 11 is 0. The molecule has 1 aliphatic rings. The van der Waals surface area contributed by atoms with Crippen LogP contribution in [0.2, 0.25) is 0 Å². The number of para-hydroxylation sites is 1. The van der Waals surface area contributed by atoms with Gasteiger partial charge in [0.1, 0.15) is 17.5 Å². The van der Waals surface area contributed by atoms with E-state index in [2.05, 4.69) is 10.2 Å². The van der Waals surface area contributed by atoms with E-state index in [1.165, 1.54) is 18.2 Å². The Bertz CT molecular complexity index is 958. The number of hydrogen-bond acceptors (Lipinski definition) is 6. The van der Waals surface area contributed by atoms with Gasteiger partial charge < -0.3 is 31.1 Å². The van der Waals surface area contributed by atoms with Crippen molar-refractivity contribution >= 4 is 23.4 Å². The fourth-order valence-corrected chi connectivity index (χ4v) is 3.72. The average Bonchev–Trinajstić information content (AvgIpc) is 2.78. The van der Waals surface area contributed by atoms with Crippen LogP contribution in [0.3, 0.4) is 0 Å². The number of benzene rings is 2. The van der Waals surface area contributed by atoms with Crippen LogP contribution in [0.5, 0.6) is 11.5 Å². The van der Waals surface area contributed by atoms with E-state index in [-0.39, 0.29) is 36.7 Å². The number of phenolic OH excluding ortho intramolecular Hbond substituents is 2. The molecule has 3 amide bonds. The maximum absolute atomic E-state index is 13.0. The first-order valence-electron chi connectivity index (χ1n) is 10.5. The molecule has 32 heavy (non-hydrogen) atoms. The van der Waals surface area contributed by atoms with Crippen LogP contribution in [0, 0.1) is 0 Å². The number of piperazine rings is 1. The molecule has 1 heterocycles. The molecule has 0 spiro atoms. The van der Waals surface area contributed by atoms with Gasteiger partial charge in [-0.15, -0.1) is 0 Å². The highest BCUT2D eigenvalue weighted by molar-refractivity contribution is 5.91. The van der Waals surface area contributed by atoms with Gasteiger partial charge in [0.15, 0.2) is 0 Å². The van der Waals surface area contributed by atoms with Gasteiger partial charge in [-0.25, -0.2) is 0 Å². The van der Waals surface area contributed by atoms with Crippen molar-refractivity contribution in [1.82, 2.24) is 10.2 Å². The van der Waals surface area contributed by atoms with Crippen molar-refractivity contribution in [2.24, 2.45) is 5.73 Å². The smallest absolute Gasteiger partial charge is 0.245 e. The number of phenols is 2. The van der Waals surface area contributed by atoms with E-state index in [1.807, 2.05) is 30.3 Å². The minimum atomic E-state index is -1.03. The lowest BCUT2D eigenvalue weighted by Gasteiger charge is -2.37. The van der Waals surface area contributed by atoms with Gasteiger partial charge >= 0.3 is 0 Å². The third kappa shape index (κ3) is 6.13. The molecule has 1 atom stereocenters. The molecular formula is C23H28N4O5. The molecule has 9 heteroatoms. The van der Waals surface area contributed by atoms with Crippen LogP contribution in [0.4, 0.5) is 5.69 Å². The Morgan fingerprint density at radius 1 is 1.00 bits per heavy atom. The highest BCUT2D eigenvalue weighted by atomic mass is 16.3. The summed E-state index contributed by atoms with van der Waals surface area (Å²) in [4.78, 5) is 40.8. The summed E-state index contributed by atoms with van der Waals surface area (Å²) in [5, 5.41) is 21.8. The van der Waals surface area contributed by atoms with Crippen LogP contribution in [0.15, 0.2) is 48.5 Å². The van der Waals surface area contributed by atoms with Gasteiger partial charge in [0.05, 0.1) is 6.42 Å². The maximum atomic E-state index is 13.0. The number of hydrogen-bond donors (Lipinski definition) is 4. The number of nitrogens with zero attached hydrogens (tertiary/aromatic N) is 2. The van der Waals surface area contributed by atoms with Gasteiger partial charge in [0.2, 0.25) is 17.7 Å². The van der Waals surface area contributed by atoms with Crippen molar-refractivity contribution in [3.8, 4) is 11.5 Å². The fraction of sp³-hybridized carbons (Fsp3) is 0.348. The predicted molar refractivity (Wildman–Crippen MR) is 119 cm³/mol. The van der Waals surface area contributed by atoms with Gasteiger partial charge in [-0.3, -0.25) is 14.4 Å². The second-order valence-electron chi connectivity index (χ2n) is 7.75. The van der Waals surface area contributed by atoms with Crippen molar-refractivity contribution in [3.05, 3.63) is 54.1 Å². The topological polar surface area (TPSA) is 136 Å². The number of aromatic hydroxyl groups is 2. The molecule has 0 aromatic heterocycles. The molecular weight excluding hydrogens is 412 g/mol. The molecule has 1 fully saturated rings. The first-order chi connectivity index (χ1) is 15.3. The third-order valence-electron chi connectivity index (χ3n) is 5.44. The summed E-state index contributed by atoms with van der Waals surface area (Å²) in [6, 6.07) is 13.0. The van der Waals surface area contributed by atoms with Crippen LogP contribution in [-0.2, 0) is 20.8 Å². The first kappa shape index (κ1) is 22.9. The number of rotatable bonds is 8. The fourth-order valence-electron chi connectivity index (χ4n) is 3.72. The Kier molecular flexibility index (Phi) is 7.54. The lowest BCUT2D eigenvalue weighted by atomic mass is 10.1. The molecule has 2 aromatic rings. The first-order valence-corrected chi connectivity index (χ1v) is 10.5. The zero-order valence-corrected chi connectivity index (χ0v) is 17.7. The molecule has 2 aromatic carbocycles. The second kappa shape index (κ2) is 10.5. The number of nitrogens with one attached hydrogen (secondary N) is 1. The van der Waals surface area contributed by atoms with E-state index in [4.69, 9.17) is 5.73 Å². The standard InChI is InChI=1S/C23H28N4O5/c24-21(30)15-19(25-22(31)9-7-16-6-8-18(28)14-20(16)29)23(32)27-12-10-26(11-13-27)17-4-2-1-3-5-17/h1-6,8,14,19,28-29H,7,9-13,15H2,(H2,24,30)(H,25,31)/t19-/m0/s1. The molecule has 0 radical (unpaired) electrons. The Labute approximate surface area is 186 Å². The molecule has 5 N–H and O–H groups in total. The van der Waals surface area contributed by atoms with Crippen LogP contribution in [0.1, 0.15) is 18.4 Å². The summed E-state index contributed by atoms with van der Waals surface area (Å²) in [7, 11) is 0. The van der Waals surface area contributed by atoms with Crippen molar-refractivity contribution in [3.63, 3.8) is 0 Å². The summed E-state index contributed by atoms with van der Waals surface area (Å²) in [5.41, 5.74) is 6.88. The Balaban J connectivity index is 1.56.